The zero-order valence-corrected chi connectivity index (χ0v) is 15.0. The van der Waals surface area contributed by atoms with Crippen LogP contribution in [-0.4, -0.2) is 73.5 Å². The molecular formula is C18H23N3O5. The Hall–Kier alpha value is -2.77. The van der Waals surface area contributed by atoms with Crippen LogP contribution in [0.1, 0.15) is 18.9 Å². The summed E-state index contributed by atoms with van der Waals surface area (Å²) in [6.45, 7) is 3.97. The highest BCUT2D eigenvalue weighted by atomic mass is 16.6. The lowest BCUT2D eigenvalue weighted by Gasteiger charge is -2.34. The first-order valence-electron chi connectivity index (χ1n) is 8.70. The van der Waals surface area contributed by atoms with Gasteiger partial charge in [-0.25, -0.2) is 4.79 Å². The van der Waals surface area contributed by atoms with E-state index in [1.807, 2.05) is 24.3 Å². The van der Waals surface area contributed by atoms with Crippen LogP contribution in [0.15, 0.2) is 29.4 Å². The molecule has 1 aromatic carbocycles. The summed E-state index contributed by atoms with van der Waals surface area (Å²) in [6, 6.07) is 7.51. The smallest absolute Gasteiger partial charge is 0.409 e. The van der Waals surface area contributed by atoms with Crippen molar-refractivity contribution < 1.29 is 23.9 Å². The molecule has 0 unspecified atom stereocenters. The zero-order valence-electron chi connectivity index (χ0n) is 15.0. The number of hydrogen-bond donors (Lipinski definition) is 0. The molecule has 1 atom stereocenters. The van der Waals surface area contributed by atoms with E-state index in [2.05, 4.69) is 5.16 Å². The van der Waals surface area contributed by atoms with Gasteiger partial charge in [0.1, 0.15) is 5.75 Å². The third-order valence-electron chi connectivity index (χ3n) is 4.46. The maximum atomic E-state index is 12.7. The Balaban J connectivity index is 1.54. The van der Waals surface area contributed by atoms with Crippen LogP contribution >= 0.6 is 0 Å². The van der Waals surface area contributed by atoms with Gasteiger partial charge in [0.2, 0.25) is 6.10 Å². The maximum absolute atomic E-state index is 12.7. The van der Waals surface area contributed by atoms with Gasteiger partial charge >= 0.3 is 6.09 Å². The zero-order chi connectivity index (χ0) is 18.5. The summed E-state index contributed by atoms with van der Waals surface area (Å²) in [5.74, 6) is 0.630. The van der Waals surface area contributed by atoms with Crippen molar-refractivity contribution in [3.05, 3.63) is 29.8 Å². The molecule has 0 spiro atoms. The number of nitrogens with zero attached hydrogens (tertiary/aromatic N) is 3. The molecule has 2 aliphatic heterocycles. The van der Waals surface area contributed by atoms with E-state index >= 15 is 0 Å². The van der Waals surface area contributed by atoms with Gasteiger partial charge in [0.25, 0.3) is 5.91 Å². The average Bonchev–Trinajstić information content (AvgIpc) is 3.18. The molecule has 0 N–H and O–H groups in total. The van der Waals surface area contributed by atoms with Gasteiger partial charge in [-0.15, -0.1) is 0 Å². The first-order valence-corrected chi connectivity index (χ1v) is 8.70. The SMILES string of the molecule is CCOC(=O)N1CCN(C(=O)[C@H]2CC(c3cccc(OC)c3)=NO2)CC1. The van der Waals surface area contributed by atoms with E-state index in [0.717, 1.165) is 17.0 Å². The first-order chi connectivity index (χ1) is 12.6. The standard InChI is InChI=1S/C18H23N3O5/c1-3-25-18(23)21-9-7-20(8-10-21)17(22)16-12-15(19-26-16)13-5-4-6-14(11-13)24-2/h4-6,11,16H,3,7-10,12H2,1-2H3/t16-/m1/s1. The number of rotatable bonds is 4. The number of ether oxygens (including phenoxy) is 2. The topological polar surface area (TPSA) is 80.7 Å². The number of methoxy groups -OCH3 is 1. The quantitative estimate of drug-likeness (QED) is 0.812. The van der Waals surface area contributed by atoms with Gasteiger partial charge in [-0.3, -0.25) is 4.79 Å². The Morgan fingerprint density at radius 1 is 1.23 bits per heavy atom. The van der Waals surface area contributed by atoms with Crippen molar-refractivity contribution in [1.29, 1.82) is 0 Å². The molecule has 26 heavy (non-hydrogen) atoms. The average molecular weight is 361 g/mol. The second-order valence-electron chi connectivity index (χ2n) is 6.08. The Morgan fingerprint density at radius 2 is 1.96 bits per heavy atom. The molecule has 0 saturated carbocycles. The van der Waals surface area contributed by atoms with E-state index < -0.39 is 6.10 Å². The van der Waals surface area contributed by atoms with Crippen LogP contribution in [0.25, 0.3) is 0 Å². The fourth-order valence-electron chi connectivity index (χ4n) is 3.01. The van der Waals surface area contributed by atoms with E-state index in [1.54, 1.807) is 23.8 Å². The van der Waals surface area contributed by atoms with E-state index in [9.17, 15) is 9.59 Å². The molecule has 2 aliphatic rings. The minimum Gasteiger partial charge on any atom is -0.497 e. The van der Waals surface area contributed by atoms with Gasteiger partial charge in [0, 0.05) is 38.2 Å². The lowest BCUT2D eigenvalue weighted by atomic mass is 10.0. The minimum atomic E-state index is -0.620. The Bertz CT molecular complexity index is 698. The summed E-state index contributed by atoms with van der Waals surface area (Å²) >= 11 is 0. The highest BCUT2D eigenvalue weighted by molar-refractivity contribution is 6.04. The summed E-state index contributed by atoms with van der Waals surface area (Å²) in [6.07, 6.45) is -0.532. The normalized spacial score (nSPS) is 19.6. The number of hydrogen-bond acceptors (Lipinski definition) is 6. The summed E-state index contributed by atoms with van der Waals surface area (Å²) < 4.78 is 10.2. The molecule has 1 fully saturated rings. The molecule has 3 rings (SSSR count). The van der Waals surface area contributed by atoms with Crippen molar-refractivity contribution in [2.24, 2.45) is 5.16 Å². The predicted molar refractivity (Wildman–Crippen MR) is 94.2 cm³/mol. The van der Waals surface area contributed by atoms with Gasteiger partial charge in [-0.2, -0.15) is 0 Å². The van der Waals surface area contributed by atoms with Crippen LogP contribution in [0.3, 0.4) is 0 Å². The van der Waals surface area contributed by atoms with Crippen LogP contribution in [0.5, 0.6) is 5.75 Å². The number of amides is 2. The van der Waals surface area contributed by atoms with Crippen molar-refractivity contribution in [3.63, 3.8) is 0 Å². The van der Waals surface area contributed by atoms with Gasteiger partial charge in [-0.05, 0) is 19.1 Å². The number of oxime groups is 1. The van der Waals surface area contributed by atoms with E-state index in [1.165, 1.54) is 0 Å². The van der Waals surface area contributed by atoms with Crippen molar-refractivity contribution in [1.82, 2.24) is 9.80 Å². The third-order valence-corrected chi connectivity index (χ3v) is 4.46. The molecule has 140 valence electrons. The second kappa shape index (κ2) is 8.07. The summed E-state index contributed by atoms with van der Waals surface area (Å²) in [5, 5.41) is 4.08. The van der Waals surface area contributed by atoms with Gasteiger partial charge in [-0.1, -0.05) is 17.3 Å². The molecular weight excluding hydrogens is 338 g/mol. The monoisotopic (exact) mass is 361 g/mol. The Morgan fingerprint density at radius 3 is 2.65 bits per heavy atom. The number of benzene rings is 1. The molecule has 1 aromatic rings. The largest absolute Gasteiger partial charge is 0.497 e. The van der Waals surface area contributed by atoms with Crippen LogP contribution in [0.2, 0.25) is 0 Å². The number of carbonyl (C=O) groups excluding carboxylic acids is 2. The predicted octanol–water partition coefficient (Wildman–Crippen LogP) is 1.49. The third kappa shape index (κ3) is 3.89. The summed E-state index contributed by atoms with van der Waals surface area (Å²) in [4.78, 5) is 33.1. The lowest BCUT2D eigenvalue weighted by Crippen LogP contribution is -2.53. The molecule has 0 aromatic heterocycles. The van der Waals surface area contributed by atoms with Gasteiger partial charge in [0.05, 0.1) is 19.4 Å². The second-order valence-corrected chi connectivity index (χ2v) is 6.08. The van der Waals surface area contributed by atoms with E-state index in [0.29, 0.717) is 39.2 Å². The molecule has 2 amide bonds. The molecule has 0 aliphatic carbocycles. The molecule has 0 radical (unpaired) electrons. The molecule has 1 saturated heterocycles. The van der Waals surface area contributed by atoms with E-state index in [-0.39, 0.29) is 12.0 Å². The fraction of sp³-hybridized carbons (Fsp3) is 0.500. The van der Waals surface area contributed by atoms with Crippen LogP contribution < -0.4 is 4.74 Å². The molecule has 8 heteroatoms. The molecule has 8 nitrogen and oxygen atoms in total. The van der Waals surface area contributed by atoms with E-state index in [4.69, 9.17) is 14.3 Å². The van der Waals surface area contributed by atoms with Crippen LogP contribution in [0.4, 0.5) is 4.79 Å². The van der Waals surface area contributed by atoms with Crippen molar-refractivity contribution in [3.8, 4) is 5.75 Å². The van der Waals surface area contributed by atoms with Crippen LogP contribution in [-0.2, 0) is 14.4 Å². The highest BCUT2D eigenvalue weighted by Crippen LogP contribution is 2.22. The Kier molecular flexibility index (Phi) is 5.60. The summed E-state index contributed by atoms with van der Waals surface area (Å²) in [5.41, 5.74) is 1.61. The lowest BCUT2D eigenvalue weighted by molar-refractivity contribution is -0.143. The van der Waals surface area contributed by atoms with Crippen LogP contribution in [0, 0.1) is 0 Å². The fourth-order valence-corrected chi connectivity index (χ4v) is 3.01. The van der Waals surface area contributed by atoms with Gasteiger partial charge in [0.15, 0.2) is 0 Å². The van der Waals surface area contributed by atoms with Crippen molar-refractivity contribution in [2.75, 3.05) is 39.9 Å². The number of carbonyl (C=O) groups is 2. The highest BCUT2D eigenvalue weighted by Gasteiger charge is 2.34. The Labute approximate surface area is 152 Å². The maximum Gasteiger partial charge on any atom is 0.409 e. The minimum absolute atomic E-state index is 0.102. The molecule has 2 heterocycles. The van der Waals surface area contributed by atoms with Crippen molar-refractivity contribution >= 4 is 17.7 Å². The molecule has 0 bridgehead atoms. The number of piperazine rings is 1. The van der Waals surface area contributed by atoms with Gasteiger partial charge < -0.3 is 24.1 Å². The summed E-state index contributed by atoms with van der Waals surface area (Å²) in [7, 11) is 1.61. The first kappa shape index (κ1) is 18.0. The van der Waals surface area contributed by atoms with Crippen molar-refractivity contribution in [2.45, 2.75) is 19.4 Å².